The van der Waals surface area contributed by atoms with E-state index in [1.54, 1.807) is 30.2 Å². The largest absolute Gasteiger partial charge is 0.357 e. The third-order valence-electron chi connectivity index (χ3n) is 3.83. The van der Waals surface area contributed by atoms with Crippen LogP contribution in [-0.4, -0.2) is 37.3 Å². The van der Waals surface area contributed by atoms with Crippen LogP contribution in [0.1, 0.15) is 32.1 Å². The minimum Gasteiger partial charge on any atom is -0.357 e. The lowest BCUT2D eigenvalue weighted by Gasteiger charge is -2.31. The lowest BCUT2D eigenvalue weighted by molar-refractivity contribution is 0.390. The van der Waals surface area contributed by atoms with Crippen LogP contribution < -0.4 is 10.6 Å². The van der Waals surface area contributed by atoms with E-state index in [1.165, 1.54) is 6.42 Å². The second-order valence-corrected chi connectivity index (χ2v) is 5.36. The van der Waals surface area contributed by atoms with Gasteiger partial charge in [-0.1, -0.05) is 19.3 Å². The third kappa shape index (κ3) is 2.83. The van der Waals surface area contributed by atoms with Gasteiger partial charge >= 0.3 is 0 Å². The van der Waals surface area contributed by atoms with E-state index in [1.807, 2.05) is 0 Å². The van der Waals surface area contributed by atoms with Crippen LogP contribution in [0.4, 0.5) is 11.9 Å². The first kappa shape index (κ1) is 14.3. The van der Waals surface area contributed by atoms with Gasteiger partial charge in [0.1, 0.15) is 5.54 Å². The smallest absolute Gasteiger partial charge is 0.257 e. The van der Waals surface area contributed by atoms with Crippen LogP contribution in [0.15, 0.2) is 18.5 Å². The Labute approximate surface area is 128 Å². The predicted molar refractivity (Wildman–Crippen MR) is 81.5 cm³/mol. The Morgan fingerprint density at radius 2 is 1.95 bits per heavy atom. The van der Waals surface area contributed by atoms with E-state index in [0.29, 0.717) is 17.8 Å². The van der Waals surface area contributed by atoms with Gasteiger partial charge < -0.3 is 10.6 Å². The van der Waals surface area contributed by atoms with Crippen molar-refractivity contribution in [2.75, 3.05) is 17.7 Å². The lowest BCUT2D eigenvalue weighted by atomic mass is 9.83. The Bertz CT molecular complexity index is 667. The van der Waals surface area contributed by atoms with E-state index in [4.69, 9.17) is 0 Å². The van der Waals surface area contributed by atoms with Crippen LogP contribution in [0.5, 0.6) is 0 Å². The second-order valence-electron chi connectivity index (χ2n) is 5.36. The molecule has 8 nitrogen and oxygen atoms in total. The van der Waals surface area contributed by atoms with Crippen molar-refractivity contribution in [3.63, 3.8) is 0 Å². The Morgan fingerprint density at radius 3 is 2.59 bits per heavy atom. The van der Waals surface area contributed by atoms with E-state index >= 15 is 0 Å². The molecule has 0 radical (unpaired) electrons. The minimum atomic E-state index is -0.591. The van der Waals surface area contributed by atoms with E-state index < -0.39 is 5.54 Å². The van der Waals surface area contributed by atoms with Crippen LogP contribution >= 0.6 is 0 Å². The molecule has 0 atom stereocenters. The fraction of sp³-hybridized carbons (Fsp3) is 0.500. The maximum absolute atomic E-state index is 9.57. The molecule has 8 heteroatoms. The van der Waals surface area contributed by atoms with Crippen LogP contribution in [0.2, 0.25) is 0 Å². The van der Waals surface area contributed by atoms with Gasteiger partial charge in [-0.2, -0.15) is 25.3 Å². The van der Waals surface area contributed by atoms with Crippen molar-refractivity contribution in [2.45, 2.75) is 37.6 Å². The predicted octanol–water partition coefficient (Wildman–Crippen LogP) is 1.74. The molecule has 1 saturated carbocycles. The summed E-state index contributed by atoms with van der Waals surface area (Å²) in [5.74, 6) is 1.25. The summed E-state index contributed by atoms with van der Waals surface area (Å²) in [7, 11) is 1.74. The van der Waals surface area contributed by atoms with Gasteiger partial charge in [0, 0.05) is 19.4 Å². The molecule has 0 aromatic carbocycles. The average molecular weight is 298 g/mol. The van der Waals surface area contributed by atoms with Crippen molar-refractivity contribution in [1.82, 2.24) is 24.7 Å². The molecule has 2 aromatic rings. The summed E-state index contributed by atoms with van der Waals surface area (Å²) in [5, 5.41) is 19.8. The van der Waals surface area contributed by atoms with Gasteiger partial charge in [0.05, 0.1) is 6.07 Å². The van der Waals surface area contributed by atoms with Gasteiger partial charge in [-0.3, -0.25) is 0 Å². The number of nitrogens with zero attached hydrogens (tertiary/aromatic N) is 6. The zero-order valence-electron chi connectivity index (χ0n) is 12.5. The molecule has 0 aliphatic heterocycles. The third-order valence-corrected chi connectivity index (χ3v) is 3.83. The fourth-order valence-electron chi connectivity index (χ4n) is 2.66. The summed E-state index contributed by atoms with van der Waals surface area (Å²) in [6.45, 7) is 0. The van der Waals surface area contributed by atoms with Gasteiger partial charge in [-0.25, -0.2) is 4.68 Å². The van der Waals surface area contributed by atoms with Crippen LogP contribution in [0.25, 0.3) is 5.95 Å². The zero-order valence-corrected chi connectivity index (χ0v) is 12.5. The van der Waals surface area contributed by atoms with Crippen LogP contribution in [0.3, 0.4) is 0 Å². The first-order valence-electron chi connectivity index (χ1n) is 7.38. The number of hydrogen-bond acceptors (Lipinski definition) is 7. The fourth-order valence-corrected chi connectivity index (χ4v) is 2.66. The Kier molecular flexibility index (Phi) is 3.87. The molecule has 0 spiro atoms. The Hall–Kier alpha value is -2.69. The van der Waals surface area contributed by atoms with Gasteiger partial charge in [0.15, 0.2) is 0 Å². The van der Waals surface area contributed by atoms with Crippen molar-refractivity contribution >= 4 is 11.9 Å². The molecule has 0 unspecified atom stereocenters. The van der Waals surface area contributed by atoms with Gasteiger partial charge in [0.2, 0.25) is 11.9 Å². The van der Waals surface area contributed by atoms with Crippen LogP contribution in [0, 0.1) is 11.3 Å². The molecule has 3 rings (SSSR count). The maximum atomic E-state index is 9.57. The number of rotatable bonds is 4. The van der Waals surface area contributed by atoms with E-state index in [-0.39, 0.29) is 0 Å². The molecule has 2 N–H and O–H groups in total. The highest BCUT2D eigenvalue weighted by Crippen LogP contribution is 2.30. The summed E-state index contributed by atoms with van der Waals surface area (Å²) < 4.78 is 1.56. The van der Waals surface area contributed by atoms with Gasteiger partial charge in [-0.15, -0.1) is 0 Å². The molecule has 2 aromatic heterocycles. The van der Waals surface area contributed by atoms with E-state index in [0.717, 1.165) is 25.7 Å². The molecule has 114 valence electrons. The molecule has 1 aliphatic carbocycles. The molecule has 1 aliphatic rings. The summed E-state index contributed by atoms with van der Waals surface area (Å²) in [4.78, 5) is 13.0. The number of anilines is 2. The first-order chi connectivity index (χ1) is 10.7. The van der Waals surface area contributed by atoms with E-state index in [2.05, 4.69) is 36.8 Å². The highest BCUT2D eigenvalue weighted by molar-refractivity contribution is 5.41. The van der Waals surface area contributed by atoms with Gasteiger partial charge in [0.25, 0.3) is 5.95 Å². The highest BCUT2D eigenvalue weighted by atomic mass is 15.4. The monoisotopic (exact) mass is 298 g/mol. The number of nitriles is 1. The number of aromatic nitrogens is 5. The number of hydrogen-bond donors (Lipinski definition) is 2. The summed E-state index contributed by atoms with van der Waals surface area (Å²) in [6, 6.07) is 4.20. The van der Waals surface area contributed by atoms with Gasteiger partial charge in [-0.05, 0) is 18.9 Å². The molecule has 0 saturated heterocycles. The first-order valence-corrected chi connectivity index (χ1v) is 7.38. The maximum Gasteiger partial charge on any atom is 0.257 e. The summed E-state index contributed by atoms with van der Waals surface area (Å²) >= 11 is 0. The van der Waals surface area contributed by atoms with Crippen molar-refractivity contribution < 1.29 is 0 Å². The molecule has 0 bridgehead atoms. The standard InChI is InChI=1S/C14H18N8/c1-16-11-18-12(20-13(19-11)22-9-5-8-17-22)21-14(10-15)6-3-2-4-7-14/h5,8-9H,2-4,6-7H2,1H3,(H2,16,18,19,20,21). The number of nitrogens with one attached hydrogen (secondary N) is 2. The zero-order chi connectivity index (χ0) is 15.4. The molecule has 0 amide bonds. The molecular formula is C14H18N8. The quantitative estimate of drug-likeness (QED) is 0.885. The van der Waals surface area contributed by atoms with Crippen molar-refractivity contribution in [3.05, 3.63) is 18.5 Å². The van der Waals surface area contributed by atoms with Crippen molar-refractivity contribution in [1.29, 1.82) is 5.26 Å². The highest BCUT2D eigenvalue weighted by Gasteiger charge is 2.33. The molecule has 22 heavy (non-hydrogen) atoms. The SMILES string of the molecule is CNc1nc(NC2(C#N)CCCCC2)nc(-n2cccn2)n1. The molecule has 2 heterocycles. The minimum absolute atomic E-state index is 0.397. The van der Waals surface area contributed by atoms with Crippen LogP contribution in [-0.2, 0) is 0 Å². The Balaban J connectivity index is 1.93. The van der Waals surface area contributed by atoms with E-state index in [9.17, 15) is 5.26 Å². The molecular weight excluding hydrogens is 280 g/mol. The topological polar surface area (TPSA) is 104 Å². The summed E-state index contributed by atoms with van der Waals surface area (Å²) in [5.41, 5.74) is -0.591. The van der Waals surface area contributed by atoms with Crippen molar-refractivity contribution in [3.8, 4) is 12.0 Å². The Morgan fingerprint density at radius 1 is 1.18 bits per heavy atom. The molecule has 1 fully saturated rings. The second kappa shape index (κ2) is 5.97. The average Bonchev–Trinajstić information content (AvgIpc) is 3.10. The normalized spacial score (nSPS) is 16.7. The lowest BCUT2D eigenvalue weighted by Crippen LogP contribution is -2.39. The summed E-state index contributed by atoms with van der Waals surface area (Å²) in [6.07, 6.45) is 8.28. The van der Waals surface area contributed by atoms with Crippen molar-refractivity contribution in [2.24, 2.45) is 0 Å².